The zero-order chi connectivity index (χ0) is 17.6. The molecular formula is C18H20FN3O3. The van der Waals surface area contributed by atoms with E-state index in [1.807, 2.05) is 12.1 Å². The molecule has 1 aromatic carbocycles. The summed E-state index contributed by atoms with van der Waals surface area (Å²) in [4.78, 5) is 18.2. The van der Waals surface area contributed by atoms with Gasteiger partial charge >= 0.3 is 0 Å². The third kappa shape index (κ3) is 4.74. The van der Waals surface area contributed by atoms with Gasteiger partial charge < -0.3 is 14.8 Å². The second-order valence-corrected chi connectivity index (χ2v) is 5.75. The standard InChI is InChI=1S/C18H20FN3O3/c1-20-18(23)17-12-22(8-9-24-17)11-14-4-7-16(10-21-14)25-15-5-2-13(19)3-6-15/h2-7,10,17H,8-9,11-12H2,1H3,(H,20,23). The van der Waals surface area contributed by atoms with Crippen molar-refractivity contribution in [3.05, 3.63) is 54.1 Å². The smallest absolute Gasteiger partial charge is 0.250 e. The van der Waals surface area contributed by atoms with Gasteiger partial charge in [0.25, 0.3) is 0 Å². The molecule has 2 aromatic rings. The highest BCUT2D eigenvalue weighted by Crippen LogP contribution is 2.21. The number of rotatable bonds is 5. The molecule has 0 aliphatic carbocycles. The number of morpholine rings is 1. The van der Waals surface area contributed by atoms with Gasteiger partial charge in [0.2, 0.25) is 5.91 Å². The molecule has 1 saturated heterocycles. The average Bonchev–Trinajstić information content (AvgIpc) is 2.65. The zero-order valence-corrected chi connectivity index (χ0v) is 13.9. The first-order valence-corrected chi connectivity index (χ1v) is 8.08. The molecule has 6 nitrogen and oxygen atoms in total. The molecule has 2 heterocycles. The van der Waals surface area contributed by atoms with Gasteiger partial charge in [-0.3, -0.25) is 14.7 Å². The average molecular weight is 345 g/mol. The van der Waals surface area contributed by atoms with E-state index in [9.17, 15) is 9.18 Å². The fraction of sp³-hybridized carbons (Fsp3) is 0.333. The second kappa shape index (κ2) is 8.04. The van der Waals surface area contributed by atoms with Crippen LogP contribution >= 0.6 is 0 Å². The van der Waals surface area contributed by atoms with Crippen LogP contribution in [0, 0.1) is 5.82 Å². The highest BCUT2D eigenvalue weighted by Gasteiger charge is 2.25. The molecule has 1 unspecified atom stereocenters. The van der Waals surface area contributed by atoms with Crippen molar-refractivity contribution >= 4 is 5.91 Å². The van der Waals surface area contributed by atoms with Crippen LogP contribution in [0.4, 0.5) is 4.39 Å². The number of hydrogen-bond acceptors (Lipinski definition) is 5. The molecule has 1 aromatic heterocycles. The Balaban J connectivity index is 1.57. The fourth-order valence-electron chi connectivity index (χ4n) is 2.60. The molecule has 1 aliphatic rings. The summed E-state index contributed by atoms with van der Waals surface area (Å²) in [7, 11) is 1.60. The minimum absolute atomic E-state index is 0.110. The van der Waals surface area contributed by atoms with Gasteiger partial charge in [-0.15, -0.1) is 0 Å². The molecule has 1 atom stereocenters. The van der Waals surface area contributed by atoms with Crippen molar-refractivity contribution in [2.45, 2.75) is 12.6 Å². The SMILES string of the molecule is CNC(=O)C1CN(Cc2ccc(Oc3ccc(F)cc3)cn2)CCO1. The number of hydrogen-bond donors (Lipinski definition) is 1. The fourth-order valence-corrected chi connectivity index (χ4v) is 2.60. The van der Waals surface area contributed by atoms with Crippen LogP contribution in [0.3, 0.4) is 0 Å². The Morgan fingerprint density at radius 3 is 2.76 bits per heavy atom. The van der Waals surface area contributed by atoms with Gasteiger partial charge in [-0.1, -0.05) is 0 Å². The largest absolute Gasteiger partial charge is 0.456 e. The molecule has 0 saturated carbocycles. The molecule has 132 valence electrons. The molecule has 3 rings (SSSR count). The van der Waals surface area contributed by atoms with E-state index in [2.05, 4.69) is 15.2 Å². The number of carbonyl (C=O) groups is 1. The Bertz CT molecular complexity index is 707. The van der Waals surface area contributed by atoms with Gasteiger partial charge in [0.1, 0.15) is 23.4 Å². The Morgan fingerprint density at radius 2 is 2.08 bits per heavy atom. The van der Waals surface area contributed by atoms with Crippen LogP contribution in [-0.4, -0.2) is 48.6 Å². The molecule has 0 radical (unpaired) electrons. The molecule has 25 heavy (non-hydrogen) atoms. The number of ether oxygens (including phenoxy) is 2. The van der Waals surface area contributed by atoms with E-state index in [-0.39, 0.29) is 11.7 Å². The number of carbonyl (C=O) groups excluding carboxylic acids is 1. The highest BCUT2D eigenvalue weighted by atomic mass is 19.1. The van der Waals surface area contributed by atoms with Gasteiger partial charge in [0.15, 0.2) is 0 Å². The Kier molecular flexibility index (Phi) is 5.57. The molecule has 7 heteroatoms. The summed E-state index contributed by atoms with van der Waals surface area (Å²) in [5.74, 6) is 0.722. The van der Waals surface area contributed by atoms with Crippen LogP contribution in [0.5, 0.6) is 11.5 Å². The molecular weight excluding hydrogens is 325 g/mol. The number of pyridine rings is 1. The first-order valence-electron chi connectivity index (χ1n) is 8.08. The van der Waals surface area contributed by atoms with E-state index in [0.717, 1.165) is 12.2 Å². The maximum absolute atomic E-state index is 12.9. The van der Waals surface area contributed by atoms with Gasteiger partial charge in [0, 0.05) is 26.7 Å². The van der Waals surface area contributed by atoms with Crippen LogP contribution in [0.1, 0.15) is 5.69 Å². The lowest BCUT2D eigenvalue weighted by molar-refractivity contribution is -0.138. The Hall–Kier alpha value is -2.51. The Morgan fingerprint density at radius 1 is 1.32 bits per heavy atom. The maximum atomic E-state index is 12.9. The number of amides is 1. The van der Waals surface area contributed by atoms with Crippen LogP contribution in [-0.2, 0) is 16.1 Å². The van der Waals surface area contributed by atoms with Gasteiger partial charge in [0.05, 0.1) is 18.5 Å². The maximum Gasteiger partial charge on any atom is 0.250 e. The summed E-state index contributed by atoms with van der Waals surface area (Å²) < 4.78 is 24.0. The van der Waals surface area contributed by atoms with Gasteiger partial charge in [-0.2, -0.15) is 0 Å². The lowest BCUT2D eigenvalue weighted by Gasteiger charge is -2.31. The number of nitrogens with one attached hydrogen (secondary N) is 1. The zero-order valence-electron chi connectivity index (χ0n) is 13.9. The molecule has 1 fully saturated rings. The molecule has 1 amide bonds. The third-order valence-electron chi connectivity index (χ3n) is 3.92. The van der Waals surface area contributed by atoms with Gasteiger partial charge in [-0.05, 0) is 36.4 Å². The summed E-state index contributed by atoms with van der Waals surface area (Å²) in [5.41, 5.74) is 0.879. The minimum Gasteiger partial charge on any atom is -0.456 e. The van der Waals surface area contributed by atoms with Crippen molar-refractivity contribution in [3.63, 3.8) is 0 Å². The van der Waals surface area contributed by atoms with Crippen molar-refractivity contribution in [3.8, 4) is 11.5 Å². The van der Waals surface area contributed by atoms with E-state index < -0.39 is 6.10 Å². The minimum atomic E-state index is -0.445. The number of aromatic nitrogens is 1. The predicted octanol–water partition coefficient (Wildman–Crippen LogP) is 1.96. The third-order valence-corrected chi connectivity index (χ3v) is 3.92. The second-order valence-electron chi connectivity index (χ2n) is 5.75. The van der Waals surface area contributed by atoms with Crippen molar-refractivity contribution in [1.29, 1.82) is 0 Å². The summed E-state index contributed by atoms with van der Waals surface area (Å²) in [5, 5.41) is 2.61. The van der Waals surface area contributed by atoms with E-state index in [0.29, 0.717) is 31.2 Å². The van der Waals surface area contributed by atoms with Crippen molar-refractivity contribution in [2.75, 3.05) is 26.7 Å². The lowest BCUT2D eigenvalue weighted by atomic mass is 10.2. The predicted molar refractivity (Wildman–Crippen MR) is 89.8 cm³/mol. The summed E-state index contributed by atoms with van der Waals surface area (Å²) in [6.45, 7) is 2.44. The first kappa shape index (κ1) is 17.3. The normalized spacial score (nSPS) is 17.9. The van der Waals surface area contributed by atoms with Crippen molar-refractivity contribution in [2.24, 2.45) is 0 Å². The number of halogens is 1. The summed E-state index contributed by atoms with van der Waals surface area (Å²) in [6, 6.07) is 9.52. The van der Waals surface area contributed by atoms with Crippen molar-refractivity contribution < 1.29 is 18.7 Å². The number of nitrogens with zero attached hydrogens (tertiary/aromatic N) is 2. The quantitative estimate of drug-likeness (QED) is 0.898. The van der Waals surface area contributed by atoms with E-state index >= 15 is 0 Å². The topological polar surface area (TPSA) is 63.7 Å². The van der Waals surface area contributed by atoms with E-state index in [1.54, 1.807) is 25.4 Å². The molecule has 0 bridgehead atoms. The van der Waals surface area contributed by atoms with Crippen LogP contribution in [0.2, 0.25) is 0 Å². The van der Waals surface area contributed by atoms with E-state index in [1.165, 1.54) is 12.1 Å². The van der Waals surface area contributed by atoms with Crippen LogP contribution in [0.15, 0.2) is 42.6 Å². The molecule has 0 spiro atoms. The Labute approximate surface area is 145 Å². The van der Waals surface area contributed by atoms with Crippen LogP contribution < -0.4 is 10.1 Å². The monoisotopic (exact) mass is 345 g/mol. The summed E-state index contributed by atoms with van der Waals surface area (Å²) in [6.07, 6.45) is 1.19. The lowest BCUT2D eigenvalue weighted by Crippen LogP contribution is -2.48. The highest BCUT2D eigenvalue weighted by molar-refractivity contribution is 5.80. The van der Waals surface area contributed by atoms with Gasteiger partial charge in [-0.25, -0.2) is 4.39 Å². The first-order chi connectivity index (χ1) is 12.1. The molecule has 1 N–H and O–H groups in total. The summed E-state index contributed by atoms with van der Waals surface area (Å²) >= 11 is 0. The molecule has 1 aliphatic heterocycles. The number of benzene rings is 1. The number of likely N-dealkylation sites (N-methyl/N-ethyl adjacent to an activating group) is 1. The van der Waals surface area contributed by atoms with E-state index in [4.69, 9.17) is 9.47 Å². The van der Waals surface area contributed by atoms with Crippen LogP contribution in [0.25, 0.3) is 0 Å². The van der Waals surface area contributed by atoms with Crippen molar-refractivity contribution in [1.82, 2.24) is 15.2 Å².